The number of alkyl halides is 3. The molecule has 104 valence electrons. The first kappa shape index (κ1) is 17.1. The predicted molar refractivity (Wildman–Crippen MR) is 69.3 cm³/mol. The van der Waals surface area contributed by atoms with Crippen LogP contribution in [0.3, 0.4) is 0 Å². The molecule has 0 bridgehead atoms. The SMILES string of the molecule is CCCCC(CC)(CCSC(F)(F)F)CNC. The van der Waals surface area contributed by atoms with Crippen molar-refractivity contribution >= 4 is 11.8 Å². The van der Waals surface area contributed by atoms with Gasteiger partial charge in [-0.3, -0.25) is 0 Å². The molecule has 0 fully saturated rings. The van der Waals surface area contributed by atoms with E-state index < -0.39 is 5.51 Å². The minimum atomic E-state index is -4.09. The van der Waals surface area contributed by atoms with E-state index in [4.69, 9.17) is 0 Å². The molecule has 5 heteroatoms. The van der Waals surface area contributed by atoms with Gasteiger partial charge in [0.05, 0.1) is 0 Å². The van der Waals surface area contributed by atoms with Crippen LogP contribution in [0.4, 0.5) is 13.2 Å². The number of hydrogen-bond donors (Lipinski definition) is 1. The van der Waals surface area contributed by atoms with E-state index in [9.17, 15) is 13.2 Å². The molecule has 0 aromatic carbocycles. The molecule has 0 amide bonds. The second kappa shape index (κ2) is 8.25. The van der Waals surface area contributed by atoms with E-state index in [1.807, 2.05) is 7.05 Å². The molecule has 0 spiro atoms. The summed E-state index contributed by atoms with van der Waals surface area (Å²) in [6, 6.07) is 0. The summed E-state index contributed by atoms with van der Waals surface area (Å²) in [6.07, 6.45) is 4.77. The quantitative estimate of drug-likeness (QED) is 0.665. The van der Waals surface area contributed by atoms with E-state index in [0.29, 0.717) is 6.42 Å². The summed E-state index contributed by atoms with van der Waals surface area (Å²) < 4.78 is 36.4. The van der Waals surface area contributed by atoms with E-state index in [0.717, 1.165) is 32.2 Å². The van der Waals surface area contributed by atoms with Gasteiger partial charge in [-0.25, -0.2) is 0 Å². The average Bonchev–Trinajstić information content (AvgIpc) is 2.24. The number of unbranched alkanes of at least 4 members (excludes halogenated alkanes) is 1. The largest absolute Gasteiger partial charge is 0.441 e. The van der Waals surface area contributed by atoms with Gasteiger partial charge in [-0.2, -0.15) is 13.2 Å². The van der Waals surface area contributed by atoms with Crippen molar-refractivity contribution < 1.29 is 13.2 Å². The van der Waals surface area contributed by atoms with Crippen molar-refractivity contribution in [1.82, 2.24) is 5.32 Å². The summed E-state index contributed by atoms with van der Waals surface area (Å²) in [6.45, 7) is 5.00. The lowest BCUT2D eigenvalue weighted by molar-refractivity contribution is -0.0329. The predicted octanol–water partition coefficient (Wildman–Crippen LogP) is 4.44. The zero-order chi connectivity index (χ0) is 13.4. The van der Waals surface area contributed by atoms with Crippen LogP contribution in [0.15, 0.2) is 0 Å². The lowest BCUT2D eigenvalue weighted by Crippen LogP contribution is -2.33. The van der Waals surface area contributed by atoms with Crippen molar-refractivity contribution in [3.63, 3.8) is 0 Å². The fraction of sp³-hybridized carbons (Fsp3) is 1.00. The number of nitrogens with one attached hydrogen (secondary N) is 1. The van der Waals surface area contributed by atoms with E-state index in [1.54, 1.807) is 0 Å². The maximum atomic E-state index is 12.1. The second-order valence-corrected chi connectivity index (χ2v) is 5.69. The zero-order valence-corrected chi connectivity index (χ0v) is 11.8. The second-order valence-electron chi connectivity index (χ2n) is 4.53. The highest BCUT2D eigenvalue weighted by Crippen LogP contribution is 2.37. The highest BCUT2D eigenvalue weighted by molar-refractivity contribution is 8.00. The molecule has 1 N–H and O–H groups in total. The molecule has 0 rings (SSSR count). The summed E-state index contributed by atoms with van der Waals surface area (Å²) in [7, 11) is 1.87. The zero-order valence-electron chi connectivity index (χ0n) is 11.0. The normalized spacial score (nSPS) is 15.9. The smallest absolute Gasteiger partial charge is 0.319 e. The molecule has 0 saturated carbocycles. The first-order chi connectivity index (χ1) is 7.89. The lowest BCUT2D eigenvalue weighted by Gasteiger charge is -2.33. The van der Waals surface area contributed by atoms with Crippen LogP contribution >= 0.6 is 11.8 Å². The van der Waals surface area contributed by atoms with E-state index in [1.165, 1.54) is 0 Å². The van der Waals surface area contributed by atoms with Crippen molar-refractivity contribution in [2.24, 2.45) is 5.41 Å². The van der Waals surface area contributed by atoms with Crippen LogP contribution in [0.1, 0.15) is 46.0 Å². The molecule has 0 aliphatic rings. The summed E-state index contributed by atoms with van der Waals surface area (Å²) in [4.78, 5) is 0. The fourth-order valence-electron chi connectivity index (χ4n) is 2.09. The van der Waals surface area contributed by atoms with Crippen LogP contribution in [0.25, 0.3) is 0 Å². The molecular weight excluding hydrogens is 247 g/mol. The van der Waals surface area contributed by atoms with Crippen LogP contribution in [0.5, 0.6) is 0 Å². The molecule has 1 atom stereocenters. The first-order valence-electron chi connectivity index (χ1n) is 6.24. The summed E-state index contributed by atoms with van der Waals surface area (Å²) in [5.74, 6) is 0.169. The Kier molecular flexibility index (Phi) is 8.29. The Morgan fingerprint density at radius 2 is 1.76 bits per heavy atom. The summed E-state index contributed by atoms with van der Waals surface area (Å²) in [5, 5.41) is 3.13. The number of rotatable bonds is 9. The molecule has 17 heavy (non-hydrogen) atoms. The summed E-state index contributed by atoms with van der Waals surface area (Å²) in [5.41, 5.74) is -4.06. The van der Waals surface area contributed by atoms with Gasteiger partial charge < -0.3 is 5.32 Å². The Morgan fingerprint density at radius 3 is 2.18 bits per heavy atom. The molecule has 1 unspecified atom stereocenters. The Labute approximate surface area is 107 Å². The number of hydrogen-bond acceptors (Lipinski definition) is 2. The van der Waals surface area contributed by atoms with Crippen molar-refractivity contribution in [2.75, 3.05) is 19.3 Å². The van der Waals surface area contributed by atoms with E-state index in [-0.39, 0.29) is 22.9 Å². The van der Waals surface area contributed by atoms with Gasteiger partial charge >= 0.3 is 5.51 Å². The molecule has 0 aliphatic heterocycles. The maximum absolute atomic E-state index is 12.1. The molecule has 0 saturated heterocycles. The third-order valence-electron chi connectivity index (χ3n) is 3.26. The third kappa shape index (κ3) is 7.92. The van der Waals surface area contributed by atoms with Gasteiger partial charge in [0, 0.05) is 12.3 Å². The van der Waals surface area contributed by atoms with Crippen LogP contribution in [0, 0.1) is 5.41 Å². The van der Waals surface area contributed by atoms with Crippen LogP contribution in [-0.4, -0.2) is 24.9 Å². The Balaban J connectivity index is 4.25. The highest BCUT2D eigenvalue weighted by Gasteiger charge is 2.31. The van der Waals surface area contributed by atoms with Crippen molar-refractivity contribution in [1.29, 1.82) is 0 Å². The minimum Gasteiger partial charge on any atom is -0.319 e. The molecule has 0 aromatic heterocycles. The van der Waals surface area contributed by atoms with Crippen molar-refractivity contribution in [3.05, 3.63) is 0 Å². The van der Waals surface area contributed by atoms with Gasteiger partial charge in [0.25, 0.3) is 0 Å². The molecule has 1 nitrogen and oxygen atoms in total. The van der Waals surface area contributed by atoms with E-state index >= 15 is 0 Å². The van der Waals surface area contributed by atoms with Gasteiger partial charge in [-0.1, -0.05) is 38.5 Å². The van der Waals surface area contributed by atoms with Crippen LogP contribution < -0.4 is 5.32 Å². The van der Waals surface area contributed by atoms with Crippen molar-refractivity contribution in [3.8, 4) is 0 Å². The van der Waals surface area contributed by atoms with Crippen LogP contribution in [-0.2, 0) is 0 Å². The van der Waals surface area contributed by atoms with Crippen LogP contribution in [0.2, 0.25) is 0 Å². The van der Waals surface area contributed by atoms with Gasteiger partial charge in [0.1, 0.15) is 0 Å². The Bertz CT molecular complexity index is 197. The monoisotopic (exact) mass is 271 g/mol. The highest BCUT2D eigenvalue weighted by atomic mass is 32.2. The molecule has 0 aliphatic carbocycles. The third-order valence-corrected chi connectivity index (χ3v) is 4.00. The molecule has 0 aromatic rings. The lowest BCUT2D eigenvalue weighted by atomic mass is 9.78. The summed E-state index contributed by atoms with van der Waals surface area (Å²) >= 11 is 0.107. The molecule has 0 radical (unpaired) electrons. The Hall–Kier alpha value is 0.1000. The van der Waals surface area contributed by atoms with Gasteiger partial charge in [-0.05, 0) is 31.7 Å². The van der Waals surface area contributed by atoms with Gasteiger partial charge in [0.15, 0.2) is 0 Å². The average molecular weight is 271 g/mol. The number of halogens is 3. The molecule has 0 heterocycles. The van der Waals surface area contributed by atoms with Crippen molar-refractivity contribution in [2.45, 2.75) is 51.5 Å². The maximum Gasteiger partial charge on any atom is 0.441 e. The van der Waals surface area contributed by atoms with E-state index in [2.05, 4.69) is 19.2 Å². The Morgan fingerprint density at radius 1 is 1.12 bits per heavy atom. The standard InChI is InChI=1S/C12H24F3NS/c1-4-6-7-11(5-2,10-16-3)8-9-17-12(13,14)15/h16H,4-10H2,1-3H3. The first-order valence-corrected chi connectivity index (χ1v) is 7.23. The van der Waals surface area contributed by atoms with Gasteiger partial charge in [0.2, 0.25) is 0 Å². The number of thioether (sulfide) groups is 1. The minimum absolute atomic E-state index is 0.0308. The topological polar surface area (TPSA) is 12.0 Å². The fourth-order valence-corrected chi connectivity index (χ4v) is 2.86. The van der Waals surface area contributed by atoms with Gasteiger partial charge in [-0.15, -0.1) is 0 Å². The molecular formula is C12H24F3NS.